The number of pyridine rings is 1. The normalized spacial score (nSPS) is 22.5. The van der Waals surface area contributed by atoms with Crippen molar-refractivity contribution in [3.63, 3.8) is 0 Å². The summed E-state index contributed by atoms with van der Waals surface area (Å²) in [5.74, 6) is 0.403. The van der Waals surface area contributed by atoms with Crippen molar-refractivity contribution in [2.24, 2.45) is 5.92 Å². The van der Waals surface area contributed by atoms with Crippen molar-refractivity contribution in [1.82, 2.24) is 4.98 Å². The monoisotopic (exact) mass is 277 g/mol. The number of nitrogens with zero attached hydrogens (tertiary/aromatic N) is 1. The Labute approximate surface area is 125 Å². The fourth-order valence-electron chi connectivity index (χ4n) is 3.15. The molecule has 2 aromatic rings. The molecule has 2 nitrogen and oxygen atoms in total. The van der Waals surface area contributed by atoms with Crippen molar-refractivity contribution in [3.05, 3.63) is 71.6 Å². The number of ketones is 1. The maximum atomic E-state index is 12.6. The first kappa shape index (κ1) is 13.7. The molecular formula is C19H19NO. The van der Waals surface area contributed by atoms with Crippen LogP contribution >= 0.6 is 0 Å². The summed E-state index contributed by atoms with van der Waals surface area (Å²) in [5.41, 5.74) is 4.23. The molecule has 1 heterocycles. The van der Waals surface area contributed by atoms with Crippen molar-refractivity contribution in [2.75, 3.05) is 0 Å². The van der Waals surface area contributed by atoms with E-state index in [0.29, 0.717) is 0 Å². The first-order chi connectivity index (χ1) is 10.2. The summed E-state index contributed by atoms with van der Waals surface area (Å²) in [7, 11) is 0. The molecule has 1 aliphatic carbocycles. The summed E-state index contributed by atoms with van der Waals surface area (Å²) in [4.78, 5) is 17.1. The van der Waals surface area contributed by atoms with Crippen LogP contribution in [0.1, 0.15) is 37.4 Å². The van der Waals surface area contributed by atoms with Gasteiger partial charge in [-0.25, -0.2) is 0 Å². The summed E-state index contributed by atoms with van der Waals surface area (Å²) in [6.07, 6.45) is 2.68. The van der Waals surface area contributed by atoms with Crippen molar-refractivity contribution < 1.29 is 4.79 Å². The van der Waals surface area contributed by atoms with Gasteiger partial charge >= 0.3 is 0 Å². The van der Waals surface area contributed by atoms with Crippen LogP contribution in [0.5, 0.6) is 0 Å². The highest BCUT2D eigenvalue weighted by Crippen LogP contribution is 2.41. The third kappa shape index (κ3) is 2.54. The van der Waals surface area contributed by atoms with Gasteiger partial charge in [0.2, 0.25) is 0 Å². The molecule has 3 rings (SSSR count). The predicted molar refractivity (Wildman–Crippen MR) is 84.8 cm³/mol. The van der Waals surface area contributed by atoms with Crippen molar-refractivity contribution >= 4 is 11.4 Å². The first-order valence-corrected chi connectivity index (χ1v) is 7.39. The van der Waals surface area contributed by atoms with Gasteiger partial charge in [0.25, 0.3) is 0 Å². The van der Waals surface area contributed by atoms with Crippen LogP contribution in [0, 0.1) is 5.92 Å². The van der Waals surface area contributed by atoms with Gasteiger partial charge in [-0.2, -0.15) is 0 Å². The number of hydrogen-bond donors (Lipinski definition) is 0. The molecule has 0 N–H and O–H groups in total. The topological polar surface area (TPSA) is 30.0 Å². The Hall–Kier alpha value is -2.22. The quantitative estimate of drug-likeness (QED) is 0.821. The highest BCUT2D eigenvalue weighted by atomic mass is 16.1. The smallest absolute Gasteiger partial charge is 0.162 e. The molecule has 1 aromatic heterocycles. The predicted octanol–water partition coefficient (Wildman–Crippen LogP) is 4.25. The third-order valence-corrected chi connectivity index (χ3v) is 4.45. The minimum absolute atomic E-state index is 0.00707. The summed E-state index contributed by atoms with van der Waals surface area (Å²) < 4.78 is 0. The number of carbonyl (C=O) groups excluding carboxylic acids is 1. The van der Waals surface area contributed by atoms with Crippen molar-refractivity contribution in [3.8, 4) is 0 Å². The number of Topliss-reactive ketones (excluding diaryl/α,β-unsaturated/α-hetero) is 1. The van der Waals surface area contributed by atoms with Crippen LogP contribution in [0.15, 0.2) is 60.3 Å². The molecule has 2 heteroatoms. The van der Waals surface area contributed by atoms with Crippen LogP contribution in [0.2, 0.25) is 0 Å². The van der Waals surface area contributed by atoms with Gasteiger partial charge in [-0.3, -0.25) is 9.78 Å². The second kappa shape index (κ2) is 5.65. The second-order valence-corrected chi connectivity index (χ2v) is 5.69. The Kier molecular flexibility index (Phi) is 3.70. The van der Waals surface area contributed by atoms with E-state index >= 15 is 0 Å². The molecule has 0 spiro atoms. The Morgan fingerprint density at radius 3 is 2.43 bits per heavy atom. The van der Waals surface area contributed by atoms with Gasteiger partial charge in [-0.1, -0.05) is 43.3 Å². The molecule has 1 aliphatic rings. The van der Waals surface area contributed by atoms with Gasteiger partial charge in [0.1, 0.15) is 0 Å². The van der Waals surface area contributed by atoms with Crippen molar-refractivity contribution in [2.45, 2.75) is 26.2 Å². The molecule has 106 valence electrons. The molecule has 1 aromatic carbocycles. The number of aromatic nitrogens is 1. The fourth-order valence-corrected chi connectivity index (χ4v) is 3.15. The number of allylic oxidation sites excluding steroid dienone is 2. The fraction of sp³-hybridized carbons (Fsp3) is 0.263. The van der Waals surface area contributed by atoms with Gasteiger partial charge in [-0.15, -0.1) is 0 Å². The summed E-state index contributed by atoms with van der Waals surface area (Å²) >= 11 is 0. The maximum Gasteiger partial charge on any atom is 0.162 e. The van der Waals surface area contributed by atoms with E-state index in [9.17, 15) is 4.79 Å². The lowest BCUT2D eigenvalue weighted by Gasteiger charge is -2.30. The van der Waals surface area contributed by atoms with Crippen LogP contribution in [0.4, 0.5) is 0 Å². The van der Waals surface area contributed by atoms with E-state index in [-0.39, 0.29) is 17.6 Å². The molecule has 0 saturated heterocycles. The average Bonchev–Trinajstić information content (AvgIpc) is 2.55. The zero-order valence-corrected chi connectivity index (χ0v) is 12.4. The van der Waals surface area contributed by atoms with Crippen LogP contribution in [-0.2, 0) is 4.79 Å². The molecule has 0 fully saturated rings. The lowest BCUT2D eigenvalue weighted by Crippen LogP contribution is -2.26. The SMILES string of the molecule is CC1=C(c2ccccc2)CC(c2ccccn2)C(C)C1=O. The van der Waals surface area contributed by atoms with Crippen LogP contribution < -0.4 is 0 Å². The second-order valence-electron chi connectivity index (χ2n) is 5.69. The molecule has 2 atom stereocenters. The largest absolute Gasteiger partial charge is 0.294 e. The summed E-state index contributed by atoms with van der Waals surface area (Å²) in [6.45, 7) is 3.97. The Morgan fingerprint density at radius 2 is 1.76 bits per heavy atom. The average molecular weight is 277 g/mol. The number of rotatable bonds is 2. The van der Waals surface area contributed by atoms with E-state index in [1.165, 1.54) is 0 Å². The summed E-state index contributed by atoms with van der Waals surface area (Å²) in [5, 5.41) is 0. The Bertz CT molecular complexity index is 673. The lowest BCUT2D eigenvalue weighted by atomic mass is 9.73. The van der Waals surface area contributed by atoms with Crippen LogP contribution in [0.3, 0.4) is 0 Å². The molecule has 0 amide bonds. The zero-order valence-electron chi connectivity index (χ0n) is 12.4. The van der Waals surface area contributed by atoms with Gasteiger partial charge in [0, 0.05) is 23.7 Å². The van der Waals surface area contributed by atoms with Crippen molar-refractivity contribution in [1.29, 1.82) is 0 Å². The first-order valence-electron chi connectivity index (χ1n) is 7.39. The van der Waals surface area contributed by atoms with E-state index in [1.807, 2.05) is 50.2 Å². The molecule has 2 unspecified atom stereocenters. The standard InChI is InChI=1S/C19H19NO/c1-13-16(15-8-4-3-5-9-15)12-17(14(2)19(13)21)18-10-6-7-11-20-18/h3-11,14,17H,12H2,1-2H3. The van der Waals surface area contributed by atoms with E-state index in [2.05, 4.69) is 17.1 Å². The van der Waals surface area contributed by atoms with Gasteiger partial charge in [0.15, 0.2) is 5.78 Å². The number of benzene rings is 1. The maximum absolute atomic E-state index is 12.6. The lowest BCUT2D eigenvalue weighted by molar-refractivity contribution is -0.119. The van der Waals surface area contributed by atoms with E-state index < -0.39 is 0 Å². The minimum Gasteiger partial charge on any atom is -0.294 e. The Balaban J connectivity index is 2.04. The van der Waals surface area contributed by atoms with Crippen LogP contribution in [0.25, 0.3) is 5.57 Å². The number of carbonyl (C=O) groups is 1. The van der Waals surface area contributed by atoms with Gasteiger partial charge < -0.3 is 0 Å². The molecule has 21 heavy (non-hydrogen) atoms. The highest BCUT2D eigenvalue weighted by Gasteiger charge is 2.34. The molecule has 0 radical (unpaired) electrons. The highest BCUT2D eigenvalue weighted by molar-refractivity contribution is 6.05. The number of hydrogen-bond acceptors (Lipinski definition) is 2. The minimum atomic E-state index is -0.00707. The van der Waals surface area contributed by atoms with Crippen LogP contribution in [-0.4, -0.2) is 10.8 Å². The third-order valence-electron chi connectivity index (χ3n) is 4.45. The molecule has 0 bridgehead atoms. The van der Waals surface area contributed by atoms with Gasteiger partial charge in [0.05, 0.1) is 0 Å². The summed E-state index contributed by atoms with van der Waals surface area (Å²) in [6, 6.07) is 16.1. The van der Waals surface area contributed by atoms with E-state index in [1.54, 1.807) is 6.20 Å². The zero-order chi connectivity index (χ0) is 14.8. The molecule has 0 saturated carbocycles. The van der Waals surface area contributed by atoms with E-state index in [0.717, 1.165) is 28.8 Å². The molecule has 0 aliphatic heterocycles. The van der Waals surface area contributed by atoms with E-state index in [4.69, 9.17) is 0 Å². The van der Waals surface area contributed by atoms with Gasteiger partial charge in [-0.05, 0) is 42.2 Å². The molecular weight excluding hydrogens is 258 g/mol. The Morgan fingerprint density at radius 1 is 1.05 bits per heavy atom.